The number of hydrogen-bond acceptors (Lipinski definition) is 3. The summed E-state index contributed by atoms with van der Waals surface area (Å²) in [5.74, 6) is 0.707. The van der Waals surface area contributed by atoms with Crippen molar-refractivity contribution in [2.24, 2.45) is 5.92 Å². The summed E-state index contributed by atoms with van der Waals surface area (Å²) in [6, 6.07) is 7.99. The number of amides is 2. The monoisotopic (exact) mass is 326 g/mol. The summed E-state index contributed by atoms with van der Waals surface area (Å²) < 4.78 is 5.16. The molecule has 5 heteroatoms. The summed E-state index contributed by atoms with van der Waals surface area (Å²) >= 11 is 0. The second-order valence-electron chi connectivity index (χ2n) is 6.81. The van der Waals surface area contributed by atoms with Crippen molar-refractivity contribution < 1.29 is 14.3 Å². The predicted molar refractivity (Wildman–Crippen MR) is 90.9 cm³/mol. The van der Waals surface area contributed by atoms with Gasteiger partial charge in [0.2, 0.25) is 11.8 Å². The molecule has 1 aromatic carbocycles. The first-order valence-corrected chi connectivity index (χ1v) is 8.60. The molecule has 2 bridgehead atoms. The Balaban J connectivity index is 1.49. The molecule has 5 nitrogen and oxygen atoms in total. The average molecular weight is 326 g/mol. The number of benzene rings is 1. The van der Waals surface area contributed by atoms with Gasteiger partial charge in [0.1, 0.15) is 5.75 Å². The van der Waals surface area contributed by atoms with Gasteiger partial charge in [-0.3, -0.25) is 9.59 Å². The van der Waals surface area contributed by atoms with Gasteiger partial charge in [-0.2, -0.15) is 0 Å². The van der Waals surface area contributed by atoms with Crippen LogP contribution in [-0.2, 0) is 9.59 Å². The number of rotatable bonds is 3. The third-order valence-corrected chi connectivity index (χ3v) is 5.43. The van der Waals surface area contributed by atoms with Crippen LogP contribution in [-0.4, -0.2) is 42.5 Å². The average Bonchev–Trinajstić information content (AvgIpc) is 3.11. The van der Waals surface area contributed by atoms with Gasteiger partial charge in [0.15, 0.2) is 0 Å². The lowest BCUT2D eigenvalue weighted by Gasteiger charge is -2.33. The number of hydrogen-bond donors (Lipinski definition) is 0. The van der Waals surface area contributed by atoms with Crippen molar-refractivity contribution >= 4 is 17.5 Å². The van der Waals surface area contributed by atoms with Crippen LogP contribution in [0.25, 0.3) is 0 Å². The summed E-state index contributed by atoms with van der Waals surface area (Å²) in [7, 11) is 1.62. The highest BCUT2D eigenvalue weighted by atomic mass is 16.5. The molecule has 3 aliphatic heterocycles. The molecule has 0 aliphatic carbocycles. The molecule has 2 amide bonds. The Bertz CT molecular complexity index is 682. The number of carbonyl (C=O) groups is 2. The van der Waals surface area contributed by atoms with Gasteiger partial charge in [-0.15, -0.1) is 0 Å². The fraction of sp³-hybridized carbons (Fsp3) is 0.474. The highest BCUT2D eigenvalue weighted by Crippen LogP contribution is 2.35. The van der Waals surface area contributed by atoms with Gasteiger partial charge in [-0.1, -0.05) is 12.2 Å². The maximum absolute atomic E-state index is 13.0. The Labute approximate surface area is 141 Å². The fourth-order valence-electron chi connectivity index (χ4n) is 4.16. The zero-order valence-electron chi connectivity index (χ0n) is 13.9. The number of carbonyl (C=O) groups excluding carboxylic acids is 2. The third kappa shape index (κ3) is 2.48. The van der Waals surface area contributed by atoms with Crippen molar-refractivity contribution in [3.8, 4) is 5.75 Å². The van der Waals surface area contributed by atoms with Gasteiger partial charge >= 0.3 is 0 Å². The van der Waals surface area contributed by atoms with Crippen LogP contribution >= 0.6 is 0 Å². The Hall–Kier alpha value is -2.30. The molecule has 24 heavy (non-hydrogen) atoms. The van der Waals surface area contributed by atoms with Gasteiger partial charge in [-0.25, -0.2) is 0 Å². The van der Waals surface area contributed by atoms with Gasteiger partial charge < -0.3 is 14.5 Å². The van der Waals surface area contributed by atoms with Crippen molar-refractivity contribution in [1.29, 1.82) is 0 Å². The minimum atomic E-state index is -0.228. The zero-order valence-corrected chi connectivity index (χ0v) is 13.9. The van der Waals surface area contributed by atoms with Crippen LogP contribution in [0, 0.1) is 5.92 Å². The lowest BCUT2D eigenvalue weighted by atomic mass is 10.0. The Morgan fingerprint density at radius 3 is 2.71 bits per heavy atom. The highest BCUT2D eigenvalue weighted by Gasteiger charge is 2.43. The van der Waals surface area contributed by atoms with E-state index < -0.39 is 0 Å². The molecule has 2 saturated heterocycles. The van der Waals surface area contributed by atoms with Crippen LogP contribution in [0.3, 0.4) is 0 Å². The van der Waals surface area contributed by atoms with E-state index in [4.69, 9.17) is 4.74 Å². The second-order valence-corrected chi connectivity index (χ2v) is 6.81. The molecule has 0 saturated carbocycles. The summed E-state index contributed by atoms with van der Waals surface area (Å²) in [6.45, 7) is 0.476. The molecule has 1 aromatic rings. The van der Waals surface area contributed by atoms with Crippen molar-refractivity contribution in [2.45, 2.75) is 37.8 Å². The van der Waals surface area contributed by atoms with E-state index >= 15 is 0 Å². The molecule has 0 aromatic heterocycles. The first-order chi connectivity index (χ1) is 11.7. The topological polar surface area (TPSA) is 49.9 Å². The van der Waals surface area contributed by atoms with E-state index in [9.17, 15) is 9.59 Å². The molecule has 0 N–H and O–H groups in total. The number of fused-ring (bicyclic) bond motifs is 2. The standard InChI is InChI=1S/C19H22N2O3/c1-24-17-9-7-14(8-10-17)20-12-13(11-18(20)22)19(23)21-15-3-2-4-16(21)6-5-15/h2-3,7-10,13,15-16H,4-6,11-12H2,1H3. The highest BCUT2D eigenvalue weighted by molar-refractivity contribution is 6.00. The van der Waals surface area contributed by atoms with Crippen LogP contribution in [0.2, 0.25) is 0 Å². The predicted octanol–water partition coefficient (Wildman–Crippen LogP) is 2.37. The Morgan fingerprint density at radius 2 is 2.00 bits per heavy atom. The van der Waals surface area contributed by atoms with Gasteiger partial charge in [0, 0.05) is 24.7 Å². The second kappa shape index (κ2) is 5.96. The lowest BCUT2D eigenvalue weighted by molar-refractivity contribution is -0.138. The van der Waals surface area contributed by atoms with Crippen LogP contribution in [0.5, 0.6) is 5.75 Å². The number of methoxy groups -OCH3 is 1. The maximum Gasteiger partial charge on any atom is 0.228 e. The molecule has 3 aliphatic rings. The normalized spacial score (nSPS) is 28.5. The molecule has 3 unspecified atom stereocenters. The van der Waals surface area contributed by atoms with E-state index in [2.05, 4.69) is 12.2 Å². The molecular formula is C19H22N2O3. The fourth-order valence-corrected chi connectivity index (χ4v) is 4.16. The Kier molecular flexibility index (Phi) is 3.79. The number of anilines is 1. The molecule has 2 fully saturated rings. The van der Waals surface area contributed by atoms with Crippen molar-refractivity contribution in [3.63, 3.8) is 0 Å². The van der Waals surface area contributed by atoms with E-state index in [1.165, 1.54) is 0 Å². The summed E-state index contributed by atoms with van der Waals surface area (Å²) in [5, 5.41) is 0. The number of ether oxygens (including phenoxy) is 1. The Morgan fingerprint density at radius 1 is 1.21 bits per heavy atom. The minimum absolute atomic E-state index is 0.0263. The van der Waals surface area contributed by atoms with Crippen LogP contribution in [0.1, 0.15) is 25.7 Å². The first-order valence-electron chi connectivity index (χ1n) is 8.60. The summed E-state index contributed by atoms with van der Waals surface area (Å²) in [4.78, 5) is 29.2. The summed E-state index contributed by atoms with van der Waals surface area (Å²) in [5.41, 5.74) is 0.831. The van der Waals surface area contributed by atoms with E-state index in [1.807, 2.05) is 29.2 Å². The van der Waals surface area contributed by atoms with Crippen LogP contribution in [0.4, 0.5) is 5.69 Å². The van der Waals surface area contributed by atoms with Crippen molar-refractivity contribution in [2.75, 3.05) is 18.6 Å². The minimum Gasteiger partial charge on any atom is -0.497 e. The van der Waals surface area contributed by atoms with Crippen molar-refractivity contribution in [1.82, 2.24) is 4.90 Å². The van der Waals surface area contributed by atoms with Gasteiger partial charge in [-0.05, 0) is 43.5 Å². The smallest absolute Gasteiger partial charge is 0.228 e. The zero-order chi connectivity index (χ0) is 16.7. The van der Waals surface area contributed by atoms with E-state index in [1.54, 1.807) is 12.0 Å². The largest absolute Gasteiger partial charge is 0.497 e. The van der Waals surface area contributed by atoms with E-state index in [0.717, 1.165) is 30.7 Å². The quantitative estimate of drug-likeness (QED) is 0.801. The van der Waals surface area contributed by atoms with E-state index in [-0.39, 0.29) is 23.8 Å². The molecular weight excluding hydrogens is 304 g/mol. The lowest BCUT2D eigenvalue weighted by Crippen LogP contribution is -2.45. The molecule has 0 spiro atoms. The van der Waals surface area contributed by atoms with E-state index in [0.29, 0.717) is 19.0 Å². The molecule has 126 valence electrons. The molecule has 0 radical (unpaired) electrons. The SMILES string of the molecule is COc1ccc(N2CC(C(=O)N3C4C=CCC3CC4)CC2=O)cc1. The molecule has 4 rings (SSSR count). The van der Waals surface area contributed by atoms with Crippen molar-refractivity contribution in [3.05, 3.63) is 36.4 Å². The van der Waals surface area contributed by atoms with Gasteiger partial charge in [0.25, 0.3) is 0 Å². The molecule has 3 heterocycles. The summed E-state index contributed by atoms with van der Waals surface area (Å²) in [6.07, 6.45) is 7.73. The number of nitrogens with zero attached hydrogens (tertiary/aromatic N) is 2. The first kappa shape index (κ1) is 15.2. The van der Waals surface area contributed by atoms with Crippen LogP contribution < -0.4 is 9.64 Å². The maximum atomic E-state index is 13.0. The van der Waals surface area contributed by atoms with Crippen LogP contribution in [0.15, 0.2) is 36.4 Å². The van der Waals surface area contributed by atoms with Gasteiger partial charge in [0.05, 0.1) is 19.1 Å². The third-order valence-electron chi connectivity index (χ3n) is 5.43. The molecule has 3 atom stereocenters.